The number of benzene rings is 2. The number of carbonyl (C=O) groups excluding carboxylic acids is 1. The smallest absolute Gasteiger partial charge is 0.337 e. The molecular formula is C26H29NO4. The van der Waals surface area contributed by atoms with Crippen molar-refractivity contribution < 1.29 is 19.0 Å². The van der Waals surface area contributed by atoms with E-state index in [4.69, 9.17) is 14.2 Å². The van der Waals surface area contributed by atoms with Crippen molar-refractivity contribution in [1.82, 2.24) is 4.98 Å². The van der Waals surface area contributed by atoms with Crippen LogP contribution in [0.1, 0.15) is 52.5 Å². The lowest BCUT2D eigenvalue weighted by molar-refractivity contribution is 0.0600. The van der Waals surface area contributed by atoms with Crippen LogP contribution in [-0.2, 0) is 24.2 Å². The number of hydrogen-bond donors (Lipinski definition) is 0. The average molecular weight is 420 g/mol. The van der Waals surface area contributed by atoms with Gasteiger partial charge in [-0.05, 0) is 60.2 Å². The lowest BCUT2D eigenvalue weighted by Crippen LogP contribution is -2.06. The molecule has 0 aliphatic heterocycles. The van der Waals surface area contributed by atoms with E-state index < -0.39 is 0 Å². The summed E-state index contributed by atoms with van der Waals surface area (Å²) in [6, 6.07) is 17.4. The predicted octanol–water partition coefficient (Wildman–Crippen LogP) is 5.36. The Bertz CT molecular complexity index is 1010. The standard InChI is InChI=1S/C26H29NO4/c1-18(2)23-14-15-27-24(13-10-19-8-11-21(12-9-19)26(28)30-4)25(23)31-17-20-6-5-7-22(16-20)29-3/h5-9,11-12,14-16,18H,10,13,17H2,1-4H3. The number of methoxy groups -OCH3 is 2. The second-order valence-corrected chi connectivity index (χ2v) is 7.66. The maximum absolute atomic E-state index is 11.6. The molecule has 0 saturated carbocycles. The van der Waals surface area contributed by atoms with E-state index in [1.165, 1.54) is 7.11 Å². The van der Waals surface area contributed by atoms with Gasteiger partial charge in [0.25, 0.3) is 0 Å². The lowest BCUT2D eigenvalue weighted by Gasteiger charge is -2.18. The Labute approximate surface area is 184 Å². The van der Waals surface area contributed by atoms with Gasteiger partial charge in [0, 0.05) is 11.8 Å². The van der Waals surface area contributed by atoms with Crippen molar-refractivity contribution in [2.24, 2.45) is 0 Å². The minimum absolute atomic E-state index is 0.321. The zero-order chi connectivity index (χ0) is 22.2. The minimum Gasteiger partial charge on any atom is -0.497 e. The predicted molar refractivity (Wildman–Crippen MR) is 121 cm³/mol. The van der Waals surface area contributed by atoms with Gasteiger partial charge in [0.1, 0.15) is 18.1 Å². The zero-order valence-electron chi connectivity index (χ0n) is 18.6. The monoisotopic (exact) mass is 419 g/mol. The first kappa shape index (κ1) is 22.3. The first-order valence-corrected chi connectivity index (χ1v) is 10.4. The van der Waals surface area contributed by atoms with Crippen LogP contribution < -0.4 is 9.47 Å². The average Bonchev–Trinajstić information content (AvgIpc) is 2.81. The quantitative estimate of drug-likeness (QED) is 0.437. The minimum atomic E-state index is -0.328. The van der Waals surface area contributed by atoms with Gasteiger partial charge < -0.3 is 14.2 Å². The second kappa shape index (κ2) is 10.6. The Balaban J connectivity index is 1.76. The molecule has 0 aliphatic carbocycles. The van der Waals surface area contributed by atoms with Crippen LogP contribution in [0.3, 0.4) is 0 Å². The first-order chi connectivity index (χ1) is 15.0. The number of hydrogen-bond acceptors (Lipinski definition) is 5. The van der Waals surface area contributed by atoms with E-state index in [2.05, 4.69) is 18.8 Å². The van der Waals surface area contributed by atoms with Gasteiger partial charge in [-0.25, -0.2) is 4.79 Å². The van der Waals surface area contributed by atoms with Crippen LogP contribution >= 0.6 is 0 Å². The van der Waals surface area contributed by atoms with Gasteiger partial charge in [-0.15, -0.1) is 0 Å². The van der Waals surface area contributed by atoms with Crippen molar-refractivity contribution in [2.45, 2.75) is 39.2 Å². The number of rotatable bonds is 9. The van der Waals surface area contributed by atoms with Crippen molar-refractivity contribution in [3.8, 4) is 11.5 Å². The van der Waals surface area contributed by atoms with Gasteiger partial charge in [-0.3, -0.25) is 4.98 Å². The van der Waals surface area contributed by atoms with Crippen LogP contribution in [0, 0.1) is 0 Å². The maximum Gasteiger partial charge on any atom is 0.337 e. The largest absolute Gasteiger partial charge is 0.497 e. The van der Waals surface area contributed by atoms with Crippen LogP contribution in [0.15, 0.2) is 60.8 Å². The maximum atomic E-state index is 11.6. The molecule has 0 bridgehead atoms. The van der Waals surface area contributed by atoms with E-state index in [9.17, 15) is 4.79 Å². The molecule has 1 heterocycles. The summed E-state index contributed by atoms with van der Waals surface area (Å²) in [6.45, 7) is 4.76. The number of pyridine rings is 1. The molecule has 3 aromatic rings. The molecule has 0 N–H and O–H groups in total. The molecule has 162 valence electrons. The summed E-state index contributed by atoms with van der Waals surface area (Å²) in [5.74, 6) is 1.66. The Morgan fingerprint density at radius 1 is 0.968 bits per heavy atom. The molecule has 2 aromatic carbocycles. The summed E-state index contributed by atoms with van der Waals surface area (Å²) in [5, 5.41) is 0. The Morgan fingerprint density at radius 2 is 1.74 bits per heavy atom. The summed E-state index contributed by atoms with van der Waals surface area (Å²) < 4.78 is 16.4. The van der Waals surface area contributed by atoms with Gasteiger partial charge >= 0.3 is 5.97 Å². The van der Waals surface area contributed by atoms with Crippen LogP contribution in [0.4, 0.5) is 0 Å². The van der Waals surface area contributed by atoms with Gasteiger partial charge in [0.2, 0.25) is 0 Å². The third-order valence-electron chi connectivity index (χ3n) is 5.17. The van der Waals surface area contributed by atoms with Gasteiger partial charge in [0.05, 0.1) is 25.5 Å². The Hall–Kier alpha value is -3.34. The van der Waals surface area contributed by atoms with Gasteiger partial charge in [-0.1, -0.05) is 38.1 Å². The lowest BCUT2D eigenvalue weighted by atomic mass is 9.99. The molecular weight excluding hydrogens is 390 g/mol. The van der Waals surface area contributed by atoms with Crippen molar-refractivity contribution >= 4 is 5.97 Å². The van der Waals surface area contributed by atoms with E-state index >= 15 is 0 Å². The zero-order valence-corrected chi connectivity index (χ0v) is 18.6. The number of esters is 1. The molecule has 0 fully saturated rings. The molecule has 5 nitrogen and oxygen atoms in total. The molecule has 0 unspecified atom stereocenters. The summed E-state index contributed by atoms with van der Waals surface area (Å²) in [7, 11) is 3.05. The first-order valence-electron chi connectivity index (χ1n) is 10.4. The van der Waals surface area contributed by atoms with Crippen molar-refractivity contribution in [2.75, 3.05) is 14.2 Å². The highest BCUT2D eigenvalue weighted by molar-refractivity contribution is 5.89. The van der Waals surface area contributed by atoms with Gasteiger partial charge in [0.15, 0.2) is 0 Å². The van der Waals surface area contributed by atoms with Crippen LogP contribution in [0.25, 0.3) is 0 Å². The normalized spacial score (nSPS) is 10.7. The summed E-state index contributed by atoms with van der Waals surface area (Å²) in [5.41, 5.74) is 4.80. The van der Waals surface area contributed by atoms with Crippen molar-refractivity contribution in [3.05, 3.63) is 88.7 Å². The van der Waals surface area contributed by atoms with Crippen molar-refractivity contribution in [3.63, 3.8) is 0 Å². The molecule has 0 spiro atoms. The highest BCUT2D eigenvalue weighted by atomic mass is 16.5. The summed E-state index contributed by atoms with van der Waals surface area (Å²) >= 11 is 0. The number of aromatic nitrogens is 1. The topological polar surface area (TPSA) is 57.7 Å². The third-order valence-corrected chi connectivity index (χ3v) is 5.17. The molecule has 0 saturated heterocycles. The highest BCUT2D eigenvalue weighted by Crippen LogP contribution is 2.30. The molecule has 0 amide bonds. The Kier molecular flexibility index (Phi) is 7.65. The number of carbonyl (C=O) groups is 1. The third kappa shape index (κ3) is 5.85. The molecule has 3 rings (SSSR count). The Morgan fingerprint density at radius 3 is 2.42 bits per heavy atom. The molecule has 31 heavy (non-hydrogen) atoms. The SMILES string of the molecule is COC(=O)c1ccc(CCc2nccc(C(C)C)c2OCc2cccc(OC)c2)cc1. The van der Waals surface area contributed by atoms with Crippen LogP contribution in [0.2, 0.25) is 0 Å². The molecule has 5 heteroatoms. The fraction of sp³-hybridized carbons (Fsp3) is 0.308. The molecule has 0 atom stereocenters. The fourth-order valence-electron chi connectivity index (χ4n) is 3.41. The van der Waals surface area contributed by atoms with E-state index in [0.717, 1.165) is 46.7 Å². The fourth-order valence-corrected chi connectivity index (χ4v) is 3.41. The summed E-state index contributed by atoms with van der Waals surface area (Å²) in [6.07, 6.45) is 3.39. The number of nitrogens with zero attached hydrogens (tertiary/aromatic N) is 1. The van der Waals surface area contributed by atoms with Crippen LogP contribution in [0.5, 0.6) is 11.5 Å². The van der Waals surface area contributed by atoms with E-state index in [1.807, 2.05) is 48.7 Å². The molecule has 0 aliphatic rings. The number of aryl methyl sites for hydroxylation is 2. The van der Waals surface area contributed by atoms with E-state index in [-0.39, 0.29) is 5.97 Å². The van der Waals surface area contributed by atoms with E-state index in [1.54, 1.807) is 19.2 Å². The highest BCUT2D eigenvalue weighted by Gasteiger charge is 2.15. The van der Waals surface area contributed by atoms with Gasteiger partial charge in [-0.2, -0.15) is 0 Å². The molecule has 1 aromatic heterocycles. The molecule has 0 radical (unpaired) electrons. The number of ether oxygens (including phenoxy) is 3. The van der Waals surface area contributed by atoms with Crippen molar-refractivity contribution in [1.29, 1.82) is 0 Å². The summed E-state index contributed by atoms with van der Waals surface area (Å²) in [4.78, 5) is 16.2. The van der Waals surface area contributed by atoms with Crippen LogP contribution in [-0.4, -0.2) is 25.2 Å². The van der Waals surface area contributed by atoms with E-state index in [0.29, 0.717) is 18.1 Å². The second-order valence-electron chi connectivity index (χ2n) is 7.66.